The number of nitrogens with one attached hydrogen (secondary N) is 1. The maximum atomic E-state index is 12.4. The number of nitrogen functional groups attached to an aromatic ring is 1. The Hall–Kier alpha value is -1.84. The summed E-state index contributed by atoms with van der Waals surface area (Å²) in [7, 11) is 0. The van der Waals surface area contributed by atoms with Crippen LogP contribution in [-0.4, -0.2) is 28.4 Å². The van der Waals surface area contributed by atoms with Gasteiger partial charge in [0.25, 0.3) is 5.91 Å². The van der Waals surface area contributed by atoms with Gasteiger partial charge in [-0.25, -0.2) is 10.8 Å². The fraction of sp³-hybridized carbons (Fsp3) is 0.417. The number of hydrogen-bond donors (Lipinski definition) is 2. The number of carbonyl (C=O) groups excluding carboxylic acids is 1. The van der Waals surface area contributed by atoms with Crippen LogP contribution in [0, 0.1) is 11.3 Å². The molecule has 1 fully saturated rings. The van der Waals surface area contributed by atoms with Crippen molar-refractivity contribution in [3.05, 3.63) is 22.8 Å². The summed E-state index contributed by atoms with van der Waals surface area (Å²) in [5, 5.41) is 8.93. The summed E-state index contributed by atoms with van der Waals surface area (Å²) in [4.78, 5) is 18.0. The second-order valence-corrected chi connectivity index (χ2v) is 4.74. The van der Waals surface area contributed by atoms with E-state index in [1.807, 2.05) is 0 Å². The number of pyridine rings is 1. The summed E-state index contributed by atoms with van der Waals surface area (Å²) in [6.45, 7) is 0.439. The third-order valence-corrected chi connectivity index (χ3v) is 3.23. The Labute approximate surface area is 116 Å². The van der Waals surface area contributed by atoms with E-state index in [2.05, 4.69) is 16.5 Å². The van der Waals surface area contributed by atoms with Gasteiger partial charge in [-0.3, -0.25) is 4.79 Å². The van der Waals surface area contributed by atoms with Crippen LogP contribution in [0.3, 0.4) is 0 Å². The molecule has 100 valence electrons. The highest BCUT2D eigenvalue weighted by molar-refractivity contribution is 6.33. The minimum atomic E-state index is -0.143. The quantitative estimate of drug-likeness (QED) is 0.630. The molecule has 2 rings (SSSR count). The van der Waals surface area contributed by atoms with Crippen molar-refractivity contribution in [2.24, 2.45) is 5.84 Å². The Kier molecular flexibility index (Phi) is 4.20. The van der Waals surface area contributed by atoms with E-state index in [0.29, 0.717) is 29.4 Å². The van der Waals surface area contributed by atoms with E-state index < -0.39 is 0 Å². The summed E-state index contributed by atoms with van der Waals surface area (Å²) < 4.78 is 0. The smallest absolute Gasteiger partial charge is 0.255 e. The normalized spacial score (nSPS) is 13.7. The van der Waals surface area contributed by atoms with Gasteiger partial charge in [0.15, 0.2) is 5.82 Å². The molecule has 1 amide bonds. The molecule has 0 aliphatic heterocycles. The molecule has 19 heavy (non-hydrogen) atoms. The van der Waals surface area contributed by atoms with Gasteiger partial charge in [-0.1, -0.05) is 11.6 Å². The van der Waals surface area contributed by atoms with Crippen LogP contribution < -0.4 is 11.3 Å². The molecule has 0 saturated heterocycles. The summed E-state index contributed by atoms with van der Waals surface area (Å²) in [6.07, 6.45) is 3.73. The highest BCUT2D eigenvalue weighted by Crippen LogP contribution is 2.29. The van der Waals surface area contributed by atoms with Gasteiger partial charge < -0.3 is 10.3 Å². The number of amides is 1. The number of hydrazine groups is 1. The fourth-order valence-corrected chi connectivity index (χ4v) is 2.05. The molecule has 7 heteroatoms. The zero-order chi connectivity index (χ0) is 13.8. The maximum absolute atomic E-state index is 12.4. The van der Waals surface area contributed by atoms with Crippen molar-refractivity contribution in [2.45, 2.75) is 25.3 Å². The number of halogens is 1. The Bertz CT molecular complexity index is 523. The van der Waals surface area contributed by atoms with E-state index in [-0.39, 0.29) is 11.9 Å². The third kappa shape index (κ3) is 3.13. The molecule has 3 N–H and O–H groups in total. The molecule has 0 bridgehead atoms. The van der Waals surface area contributed by atoms with E-state index in [9.17, 15) is 4.79 Å². The molecule has 1 saturated carbocycles. The number of hydrogen-bond acceptors (Lipinski definition) is 5. The predicted octanol–water partition coefficient (Wildman–Crippen LogP) is 1.54. The van der Waals surface area contributed by atoms with Crippen molar-refractivity contribution in [1.82, 2.24) is 9.88 Å². The number of rotatable bonds is 5. The minimum Gasteiger partial charge on any atom is -0.335 e. The van der Waals surface area contributed by atoms with Gasteiger partial charge in [0, 0.05) is 18.8 Å². The standard InChI is InChI=1S/C12H14ClN5O/c13-10-6-8(7-16-11(10)17-15)12(19)18(5-1-4-14)9-2-3-9/h6-7,9H,1-3,5,15H2,(H,16,17). The first-order chi connectivity index (χ1) is 9.17. The number of carbonyl (C=O) groups is 1. The predicted molar refractivity (Wildman–Crippen MR) is 71.3 cm³/mol. The number of nitrogens with zero attached hydrogens (tertiary/aromatic N) is 3. The second kappa shape index (κ2) is 5.87. The lowest BCUT2D eigenvalue weighted by Gasteiger charge is -2.21. The fourth-order valence-electron chi connectivity index (χ4n) is 1.83. The van der Waals surface area contributed by atoms with E-state index in [1.54, 1.807) is 4.90 Å². The van der Waals surface area contributed by atoms with Crippen molar-refractivity contribution in [1.29, 1.82) is 5.26 Å². The van der Waals surface area contributed by atoms with Gasteiger partial charge in [-0.2, -0.15) is 5.26 Å². The van der Waals surface area contributed by atoms with Crippen LogP contribution >= 0.6 is 11.6 Å². The molecule has 0 radical (unpaired) electrons. The third-order valence-electron chi connectivity index (χ3n) is 2.94. The first kappa shape index (κ1) is 13.6. The highest BCUT2D eigenvalue weighted by atomic mass is 35.5. The Morgan fingerprint density at radius 1 is 1.68 bits per heavy atom. The summed E-state index contributed by atoms with van der Waals surface area (Å²) in [5.41, 5.74) is 2.76. The molecular weight excluding hydrogens is 266 g/mol. The molecule has 1 aliphatic rings. The first-order valence-electron chi connectivity index (χ1n) is 5.97. The van der Waals surface area contributed by atoms with E-state index in [4.69, 9.17) is 22.7 Å². The van der Waals surface area contributed by atoms with Crippen LogP contribution in [0.2, 0.25) is 5.02 Å². The van der Waals surface area contributed by atoms with Crippen LogP contribution in [0.25, 0.3) is 0 Å². The van der Waals surface area contributed by atoms with Gasteiger partial charge in [0.2, 0.25) is 0 Å². The average molecular weight is 280 g/mol. The topological polar surface area (TPSA) is 95.0 Å². The van der Waals surface area contributed by atoms with Crippen LogP contribution in [0.4, 0.5) is 5.82 Å². The molecule has 0 unspecified atom stereocenters. The summed E-state index contributed by atoms with van der Waals surface area (Å²) in [6, 6.07) is 3.83. The first-order valence-corrected chi connectivity index (χ1v) is 6.35. The van der Waals surface area contributed by atoms with Gasteiger partial charge in [-0.05, 0) is 18.9 Å². The lowest BCUT2D eigenvalue weighted by molar-refractivity contribution is 0.0746. The van der Waals surface area contributed by atoms with E-state index >= 15 is 0 Å². The van der Waals surface area contributed by atoms with Crippen molar-refractivity contribution >= 4 is 23.3 Å². The summed E-state index contributed by atoms with van der Waals surface area (Å²) in [5.74, 6) is 5.42. The lowest BCUT2D eigenvalue weighted by atomic mass is 10.2. The molecule has 6 nitrogen and oxygen atoms in total. The number of anilines is 1. The molecule has 1 aromatic heterocycles. The zero-order valence-corrected chi connectivity index (χ0v) is 11.0. The molecule has 0 spiro atoms. The van der Waals surface area contributed by atoms with Crippen molar-refractivity contribution in [3.8, 4) is 6.07 Å². The summed E-state index contributed by atoms with van der Waals surface area (Å²) >= 11 is 5.95. The Morgan fingerprint density at radius 2 is 2.42 bits per heavy atom. The van der Waals surface area contributed by atoms with Gasteiger partial charge >= 0.3 is 0 Å². The van der Waals surface area contributed by atoms with Gasteiger partial charge in [0.1, 0.15) is 0 Å². The Balaban J connectivity index is 2.17. The SMILES string of the molecule is N#CCCN(C(=O)c1cnc(NN)c(Cl)c1)C1CC1. The molecule has 1 heterocycles. The molecular formula is C12H14ClN5O. The van der Waals surface area contributed by atoms with Gasteiger partial charge in [0.05, 0.1) is 23.1 Å². The van der Waals surface area contributed by atoms with E-state index in [0.717, 1.165) is 12.8 Å². The number of aromatic nitrogens is 1. The molecule has 1 aliphatic carbocycles. The minimum absolute atomic E-state index is 0.143. The lowest BCUT2D eigenvalue weighted by Crippen LogP contribution is -2.34. The molecule has 0 aromatic carbocycles. The van der Waals surface area contributed by atoms with Crippen LogP contribution in [0.15, 0.2) is 12.3 Å². The van der Waals surface area contributed by atoms with Crippen LogP contribution in [0.5, 0.6) is 0 Å². The monoisotopic (exact) mass is 279 g/mol. The molecule has 1 aromatic rings. The maximum Gasteiger partial charge on any atom is 0.255 e. The average Bonchev–Trinajstić information content (AvgIpc) is 3.23. The van der Waals surface area contributed by atoms with Crippen molar-refractivity contribution < 1.29 is 4.79 Å². The number of nitrogens with two attached hydrogens (primary N) is 1. The molecule has 0 atom stereocenters. The highest BCUT2D eigenvalue weighted by Gasteiger charge is 2.32. The largest absolute Gasteiger partial charge is 0.335 e. The van der Waals surface area contributed by atoms with Crippen molar-refractivity contribution in [2.75, 3.05) is 12.0 Å². The van der Waals surface area contributed by atoms with Crippen molar-refractivity contribution in [3.63, 3.8) is 0 Å². The number of nitriles is 1. The zero-order valence-electron chi connectivity index (χ0n) is 10.3. The van der Waals surface area contributed by atoms with E-state index in [1.165, 1.54) is 12.3 Å². The Morgan fingerprint density at radius 3 is 2.95 bits per heavy atom. The second-order valence-electron chi connectivity index (χ2n) is 4.34. The van der Waals surface area contributed by atoms with Crippen LogP contribution in [-0.2, 0) is 0 Å². The van der Waals surface area contributed by atoms with Gasteiger partial charge in [-0.15, -0.1) is 0 Å². The van der Waals surface area contributed by atoms with Crippen LogP contribution in [0.1, 0.15) is 29.6 Å².